The number of benzene rings is 1. The molecular formula is C20H26O4S. The van der Waals surface area contributed by atoms with Crippen LogP contribution in [0.15, 0.2) is 39.6 Å². The van der Waals surface area contributed by atoms with Gasteiger partial charge in [0.15, 0.2) is 11.6 Å². The Kier molecular flexibility index (Phi) is 6.60. The van der Waals surface area contributed by atoms with Crippen molar-refractivity contribution in [1.29, 1.82) is 0 Å². The van der Waals surface area contributed by atoms with Crippen LogP contribution in [-0.4, -0.2) is 36.5 Å². The largest absolute Gasteiger partial charge is 0.394 e. The summed E-state index contributed by atoms with van der Waals surface area (Å²) in [5, 5.41) is 8.88. The van der Waals surface area contributed by atoms with E-state index in [-0.39, 0.29) is 43.2 Å². The van der Waals surface area contributed by atoms with Crippen molar-refractivity contribution in [2.45, 2.75) is 44.4 Å². The molecule has 1 unspecified atom stereocenters. The van der Waals surface area contributed by atoms with E-state index in [0.29, 0.717) is 5.57 Å². The number of thioether (sulfide) groups is 1. The average Bonchev–Trinajstić information content (AvgIpc) is 2.54. The summed E-state index contributed by atoms with van der Waals surface area (Å²) in [4.78, 5) is 26.3. The maximum atomic E-state index is 12.4. The summed E-state index contributed by atoms with van der Waals surface area (Å²) in [7, 11) is 0. The summed E-state index contributed by atoms with van der Waals surface area (Å²) in [6.45, 7) is 8.55. The predicted octanol–water partition coefficient (Wildman–Crippen LogP) is 3.52. The SMILES string of the molecule is CC1=C(Sc2cccc(C(C)(C)C)c2)C(COCCO)C(=O)CC1=O. The standard InChI is InChI=1S/C20H26O4S/c1-13-17(22)11-18(23)16(12-24-9-8-21)19(13)25-15-7-5-6-14(10-15)20(2,3)4/h5-7,10,16,21H,8-9,11-12H2,1-4H3. The maximum absolute atomic E-state index is 12.4. The Morgan fingerprint density at radius 3 is 2.64 bits per heavy atom. The molecule has 136 valence electrons. The van der Waals surface area contributed by atoms with Gasteiger partial charge in [0.25, 0.3) is 0 Å². The first-order valence-electron chi connectivity index (χ1n) is 8.47. The van der Waals surface area contributed by atoms with Crippen LogP contribution in [-0.2, 0) is 19.7 Å². The van der Waals surface area contributed by atoms with Crippen molar-refractivity contribution in [3.05, 3.63) is 40.3 Å². The number of hydrogen-bond acceptors (Lipinski definition) is 5. The molecule has 0 aliphatic heterocycles. The van der Waals surface area contributed by atoms with Crippen molar-refractivity contribution < 1.29 is 19.4 Å². The van der Waals surface area contributed by atoms with Crippen LogP contribution in [0.5, 0.6) is 0 Å². The summed E-state index contributed by atoms with van der Waals surface area (Å²) < 4.78 is 5.39. The van der Waals surface area contributed by atoms with Crippen molar-refractivity contribution in [3.63, 3.8) is 0 Å². The van der Waals surface area contributed by atoms with Crippen molar-refractivity contribution in [3.8, 4) is 0 Å². The second kappa shape index (κ2) is 8.30. The maximum Gasteiger partial charge on any atom is 0.166 e. The number of rotatable bonds is 6. The Bertz CT molecular complexity index is 685. The second-order valence-electron chi connectivity index (χ2n) is 7.29. The number of carbonyl (C=O) groups is 2. The van der Waals surface area contributed by atoms with Gasteiger partial charge in [-0.25, -0.2) is 0 Å². The van der Waals surface area contributed by atoms with Gasteiger partial charge in [0.05, 0.1) is 32.2 Å². The Hall–Kier alpha value is -1.43. The van der Waals surface area contributed by atoms with Crippen LogP contribution in [0.3, 0.4) is 0 Å². The van der Waals surface area contributed by atoms with E-state index < -0.39 is 5.92 Å². The zero-order valence-electron chi connectivity index (χ0n) is 15.3. The van der Waals surface area contributed by atoms with E-state index in [0.717, 1.165) is 9.80 Å². The number of Topliss-reactive ketones (excluding diaryl/α,β-unsaturated/α-hetero) is 2. The molecule has 1 N–H and O–H groups in total. The number of ether oxygens (including phenoxy) is 1. The van der Waals surface area contributed by atoms with Gasteiger partial charge in [0, 0.05) is 15.4 Å². The highest BCUT2D eigenvalue weighted by atomic mass is 32.2. The number of allylic oxidation sites excluding steroid dienone is 1. The summed E-state index contributed by atoms with van der Waals surface area (Å²) in [5.41, 5.74) is 1.88. The molecule has 1 aliphatic rings. The van der Waals surface area contributed by atoms with Crippen molar-refractivity contribution in [2.75, 3.05) is 19.8 Å². The molecule has 0 fully saturated rings. The highest BCUT2D eigenvalue weighted by molar-refractivity contribution is 8.03. The fourth-order valence-corrected chi connectivity index (χ4v) is 3.89. The van der Waals surface area contributed by atoms with Gasteiger partial charge in [-0.3, -0.25) is 9.59 Å². The molecule has 25 heavy (non-hydrogen) atoms. The second-order valence-corrected chi connectivity index (χ2v) is 8.40. The van der Waals surface area contributed by atoms with Gasteiger partial charge < -0.3 is 9.84 Å². The third kappa shape index (κ3) is 5.03. The normalized spacial score (nSPS) is 18.8. The zero-order valence-corrected chi connectivity index (χ0v) is 16.1. The van der Waals surface area contributed by atoms with Gasteiger partial charge in [-0.05, 0) is 30.0 Å². The van der Waals surface area contributed by atoms with Crippen molar-refractivity contribution in [1.82, 2.24) is 0 Å². The lowest BCUT2D eigenvalue weighted by Crippen LogP contribution is -2.30. The monoisotopic (exact) mass is 362 g/mol. The first kappa shape index (κ1) is 19.9. The molecule has 0 spiro atoms. The number of aliphatic hydroxyl groups is 1. The zero-order chi connectivity index (χ0) is 18.6. The first-order chi connectivity index (χ1) is 11.7. The van der Waals surface area contributed by atoms with Crippen LogP contribution < -0.4 is 0 Å². The molecule has 1 aromatic carbocycles. The molecule has 1 aromatic rings. The minimum absolute atomic E-state index is 0.0296. The molecule has 0 saturated carbocycles. The van der Waals surface area contributed by atoms with E-state index in [1.807, 2.05) is 12.1 Å². The molecule has 0 radical (unpaired) electrons. The Balaban J connectivity index is 2.30. The number of ketones is 2. The van der Waals surface area contributed by atoms with Gasteiger partial charge in [0.1, 0.15) is 0 Å². The lowest BCUT2D eigenvalue weighted by Gasteiger charge is -2.26. The summed E-state index contributed by atoms with van der Waals surface area (Å²) in [6.07, 6.45) is -0.0644. The van der Waals surface area contributed by atoms with Crippen LogP contribution >= 0.6 is 11.8 Å². The van der Waals surface area contributed by atoms with Gasteiger partial charge in [-0.15, -0.1) is 0 Å². The Morgan fingerprint density at radius 2 is 2.00 bits per heavy atom. The fourth-order valence-electron chi connectivity index (χ4n) is 2.69. The number of hydrogen-bond donors (Lipinski definition) is 1. The molecule has 1 atom stereocenters. The first-order valence-corrected chi connectivity index (χ1v) is 9.29. The van der Waals surface area contributed by atoms with Crippen LogP contribution in [0, 0.1) is 5.92 Å². The minimum Gasteiger partial charge on any atom is -0.394 e. The average molecular weight is 362 g/mol. The van der Waals surface area contributed by atoms with E-state index in [1.54, 1.807) is 6.92 Å². The molecular weight excluding hydrogens is 336 g/mol. The van der Waals surface area contributed by atoms with Gasteiger partial charge in [-0.1, -0.05) is 44.7 Å². The van der Waals surface area contributed by atoms with Crippen LogP contribution in [0.1, 0.15) is 39.7 Å². The van der Waals surface area contributed by atoms with E-state index in [2.05, 4.69) is 32.9 Å². The van der Waals surface area contributed by atoms with E-state index in [9.17, 15) is 9.59 Å². The minimum atomic E-state index is -0.437. The quantitative estimate of drug-likeness (QED) is 0.620. The van der Waals surface area contributed by atoms with Crippen molar-refractivity contribution >= 4 is 23.3 Å². The summed E-state index contributed by atoms with van der Waals surface area (Å²) in [5.74, 6) is -0.659. The molecule has 4 nitrogen and oxygen atoms in total. The Labute approximate surface area is 153 Å². The van der Waals surface area contributed by atoms with Gasteiger partial charge in [0.2, 0.25) is 0 Å². The molecule has 1 aliphatic carbocycles. The number of aliphatic hydroxyl groups excluding tert-OH is 1. The van der Waals surface area contributed by atoms with E-state index in [1.165, 1.54) is 17.3 Å². The van der Waals surface area contributed by atoms with Crippen LogP contribution in [0.2, 0.25) is 0 Å². The lowest BCUT2D eigenvalue weighted by molar-refractivity contribution is -0.129. The molecule has 5 heteroatoms. The van der Waals surface area contributed by atoms with Crippen LogP contribution in [0.4, 0.5) is 0 Å². The summed E-state index contributed by atoms with van der Waals surface area (Å²) >= 11 is 1.47. The predicted molar refractivity (Wildman–Crippen MR) is 99.7 cm³/mol. The van der Waals surface area contributed by atoms with Gasteiger partial charge >= 0.3 is 0 Å². The third-order valence-electron chi connectivity index (χ3n) is 4.28. The van der Waals surface area contributed by atoms with E-state index in [4.69, 9.17) is 9.84 Å². The van der Waals surface area contributed by atoms with Crippen LogP contribution in [0.25, 0.3) is 0 Å². The molecule has 0 saturated heterocycles. The summed E-state index contributed by atoms with van der Waals surface area (Å²) in [6, 6.07) is 8.20. The molecule has 2 rings (SSSR count). The Morgan fingerprint density at radius 1 is 1.28 bits per heavy atom. The topological polar surface area (TPSA) is 63.6 Å². The lowest BCUT2D eigenvalue weighted by atomic mass is 9.87. The molecule has 0 amide bonds. The highest BCUT2D eigenvalue weighted by Gasteiger charge is 2.33. The fraction of sp³-hybridized carbons (Fsp3) is 0.500. The third-order valence-corrected chi connectivity index (χ3v) is 5.58. The smallest absolute Gasteiger partial charge is 0.166 e. The van der Waals surface area contributed by atoms with E-state index >= 15 is 0 Å². The van der Waals surface area contributed by atoms with Crippen molar-refractivity contribution in [2.24, 2.45) is 5.92 Å². The highest BCUT2D eigenvalue weighted by Crippen LogP contribution is 2.39. The van der Waals surface area contributed by atoms with Gasteiger partial charge in [-0.2, -0.15) is 0 Å². The number of carbonyl (C=O) groups excluding carboxylic acids is 2. The molecule has 0 aromatic heterocycles. The molecule has 0 bridgehead atoms. The molecule has 0 heterocycles.